The van der Waals surface area contributed by atoms with Gasteiger partial charge in [-0.15, -0.1) is 0 Å². The summed E-state index contributed by atoms with van der Waals surface area (Å²) in [6, 6.07) is 0. The van der Waals surface area contributed by atoms with Crippen molar-refractivity contribution in [3.8, 4) is 0 Å². The van der Waals surface area contributed by atoms with E-state index in [9.17, 15) is 0 Å². The summed E-state index contributed by atoms with van der Waals surface area (Å²) >= 11 is 0. The minimum absolute atomic E-state index is 0. The zero-order valence-electron chi connectivity index (χ0n) is 7.19. The van der Waals surface area contributed by atoms with Crippen molar-refractivity contribution in [1.29, 1.82) is 0 Å². The summed E-state index contributed by atoms with van der Waals surface area (Å²) in [5, 5.41) is 0. The van der Waals surface area contributed by atoms with Gasteiger partial charge in [-0.1, -0.05) is 46.0 Å². The van der Waals surface area contributed by atoms with Crippen molar-refractivity contribution in [2.45, 2.75) is 46.0 Å². The van der Waals surface area contributed by atoms with Crippen LogP contribution in [0.25, 0.3) is 0 Å². The van der Waals surface area contributed by atoms with Crippen LogP contribution < -0.4 is 0 Å². The standard InChI is InChI=1S/C9H18.H2O/c1-8-4-3-5-9(2)7-6-8;/h8-9H,3-7H2,1-2H3;1H2. The molecule has 0 heterocycles. The third-order valence-electron chi connectivity index (χ3n) is 2.55. The van der Waals surface area contributed by atoms with Crippen LogP contribution in [0, 0.1) is 11.8 Å². The molecule has 0 aromatic rings. The van der Waals surface area contributed by atoms with Gasteiger partial charge in [0.15, 0.2) is 0 Å². The zero-order chi connectivity index (χ0) is 6.69. The average Bonchev–Trinajstić information content (AvgIpc) is 1.97. The summed E-state index contributed by atoms with van der Waals surface area (Å²) in [5.41, 5.74) is 0. The topological polar surface area (TPSA) is 31.5 Å². The first-order valence-electron chi connectivity index (χ1n) is 4.29. The molecule has 0 spiro atoms. The SMILES string of the molecule is CC1CCCC(C)CC1.O. The lowest BCUT2D eigenvalue weighted by Gasteiger charge is -2.05. The molecule has 1 aliphatic carbocycles. The van der Waals surface area contributed by atoms with Crippen LogP contribution in [0.5, 0.6) is 0 Å². The number of rotatable bonds is 0. The molecule has 1 nitrogen and oxygen atoms in total. The molecule has 0 saturated heterocycles. The van der Waals surface area contributed by atoms with Crippen molar-refractivity contribution in [3.63, 3.8) is 0 Å². The Morgan fingerprint density at radius 2 is 1.20 bits per heavy atom. The highest BCUT2D eigenvalue weighted by Gasteiger charge is 2.11. The van der Waals surface area contributed by atoms with Crippen LogP contribution in [0.15, 0.2) is 0 Å². The minimum Gasteiger partial charge on any atom is -0.412 e. The summed E-state index contributed by atoms with van der Waals surface area (Å²) < 4.78 is 0. The molecule has 0 amide bonds. The van der Waals surface area contributed by atoms with Crippen molar-refractivity contribution in [2.24, 2.45) is 11.8 Å². The predicted molar refractivity (Wildman–Crippen MR) is 45.0 cm³/mol. The molecule has 1 fully saturated rings. The molecule has 62 valence electrons. The molecule has 2 atom stereocenters. The van der Waals surface area contributed by atoms with Gasteiger partial charge in [-0.3, -0.25) is 0 Å². The highest BCUT2D eigenvalue weighted by Crippen LogP contribution is 2.25. The first-order valence-corrected chi connectivity index (χ1v) is 4.29. The van der Waals surface area contributed by atoms with Crippen LogP contribution >= 0.6 is 0 Å². The monoisotopic (exact) mass is 144 g/mol. The van der Waals surface area contributed by atoms with Gasteiger partial charge in [-0.25, -0.2) is 0 Å². The first-order chi connectivity index (χ1) is 4.29. The van der Waals surface area contributed by atoms with Crippen LogP contribution in [0.3, 0.4) is 0 Å². The van der Waals surface area contributed by atoms with Gasteiger partial charge in [0.25, 0.3) is 0 Å². The van der Waals surface area contributed by atoms with Gasteiger partial charge in [-0.05, 0) is 11.8 Å². The molecule has 0 aromatic heterocycles. The van der Waals surface area contributed by atoms with Gasteiger partial charge >= 0.3 is 0 Å². The van der Waals surface area contributed by atoms with Gasteiger partial charge in [0.05, 0.1) is 0 Å². The maximum absolute atomic E-state index is 2.39. The lowest BCUT2D eigenvalue weighted by Crippen LogP contribution is -1.91. The van der Waals surface area contributed by atoms with Crippen LogP contribution in [0.1, 0.15) is 46.0 Å². The van der Waals surface area contributed by atoms with E-state index in [2.05, 4.69) is 13.8 Å². The lowest BCUT2D eigenvalue weighted by atomic mass is 10.0. The fourth-order valence-corrected chi connectivity index (χ4v) is 1.67. The minimum atomic E-state index is 0. The second-order valence-corrected chi connectivity index (χ2v) is 3.72. The average molecular weight is 144 g/mol. The molecule has 10 heavy (non-hydrogen) atoms. The molecule has 1 saturated carbocycles. The quantitative estimate of drug-likeness (QED) is 0.468. The van der Waals surface area contributed by atoms with Gasteiger partial charge in [-0.2, -0.15) is 0 Å². The van der Waals surface area contributed by atoms with Crippen molar-refractivity contribution >= 4 is 0 Å². The summed E-state index contributed by atoms with van der Waals surface area (Å²) in [6.07, 6.45) is 7.37. The Hall–Kier alpha value is -0.0400. The van der Waals surface area contributed by atoms with Gasteiger partial charge in [0.1, 0.15) is 0 Å². The van der Waals surface area contributed by atoms with Crippen molar-refractivity contribution in [1.82, 2.24) is 0 Å². The molecule has 0 aliphatic heterocycles. The van der Waals surface area contributed by atoms with E-state index in [1.165, 1.54) is 32.1 Å². The van der Waals surface area contributed by atoms with Crippen LogP contribution in [-0.4, -0.2) is 5.48 Å². The van der Waals surface area contributed by atoms with Crippen LogP contribution in [-0.2, 0) is 0 Å². The molecular weight excluding hydrogens is 124 g/mol. The van der Waals surface area contributed by atoms with E-state index in [1.54, 1.807) is 0 Å². The molecular formula is C9H20O. The Balaban J connectivity index is 0.000000810. The maximum atomic E-state index is 2.39. The third-order valence-corrected chi connectivity index (χ3v) is 2.55. The highest BCUT2D eigenvalue weighted by atomic mass is 16.0. The van der Waals surface area contributed by atoms with Crippen molar-refractivity contribution in [3.05, 3.63) is 0 Å². The Morgan fingerprint density at radius 3 is 1.60 bits per heavy atom. The normalized spacial score (nSPS) is 34.2. The fourth-order valence-electron chi connectivity index (χ4n) is 1.67. The smallest absolute Gasteiger partial charge is 0.0443 e. The first kappa shape index (κ1) is 9.96. The number of hydrogen-bond acceptors (Lipinski definition) is 0. The molecule has 1 heteroatoms. The Bertz CT molecular complexity index is 70.8. The summed E-state index contributed by atoms with van der Waals surface area (Å²) in [5.74, 6) is 2.02. The fraction of sp³-hybridized carbons (Fsp3) is 1.00. The second-order valence-electron chi connectivity index (χ2n) is 3.72. The van der Waals surface area contributed by atoms with E-state index >= 15 is 0 Å². The van der Waals surface area contributed by atoms with Gasteiger partial charge < -0.3 is 5.48 Å². The van der Waals surface area contributed by atoms with E-state index in [1.807, 2.05) is 0 Å². The Morgan fingerprint density at radius 1 is 0.800 bits per heavy atom. The molecule has 2 N–H and O–H groups in total. The maximum Gasteiger partial charge on any atom is -0.0443 e. The van der Waals surface area contributed by atoms with Gasteiger partial charge in [0.2, 0.25) is 0 Å². The summed E-state index contributed by atoms with van der Waals surface area (Å²) in [6.45, 7) is 4.77. The largest absolute Gasteiger partial charge is 0.412 e. The van der Waals surface area contributed by atoms with E-state index in [0.717, 1.165) is 11.8 Å². The third kappa shape index (κ3) is 3.21. The molecule has 1 rings (SSSR count). The van der Waals surface area contributed by atoms with Crippen molar-refractivity contribution in [2.75, 3.05) is 0 Å². The Kier molecular flexibility index (Phi) is 4.71. The zero-order valence-corrected chi connectivity index (χ0v) is 7.19. The van der Waals surface area contributed by atoms with Crippen molar-refractivity contribution < 1.29 is 5.48 Å². The van der Waals surface area contributed by atoms with E-state index in [4.69, 9.17) is 0 Å². The van der Waals surface area contributed by atoms with Gasteiger partial charge in [0, 0.05) is 0 Å². The number of hydrogen-bond donors (Lipinski definition) is 0. The molecule has 2 unspecified atom stereocenters. The summed E-state index contributed by atoms with van der Waals surface area (Å²) in [7, 11) is 0. The van der Waals surface area contributed by atoms with Crippen LogP contribution in [0.4, 0.5) is 0 Å². The molecule has 0 bridgehead atoms. The molecule has 0 aromatic carbocycles. The van der Waals surface area contributed by atoms with Crippen LogP contribution in [0.2, 0.25) is 0 Å². The highest BCUT2D eigenvalue weighted by molar-refractivity contribution is 4.64. The Labute approximate surface area is 64.1 Å². The van der Waals surface area contributed by atoms with E-state index in [0.29, 0.717) is 0 Å². The lowest BCUT2D eigenvalue weighted by molar-refractivity contribution is 0.476. The molecule has 0 radical (unpaired) electrons. The second kappa shape index (κ2) is 4.73. The van der Waals surface area contributed by atoms with E-state index < -0.39 is 0 Å². The van der Waals surface area contributed by atoms with E-state index in [-0.39, 0.29) is 5.48 Å². The molecule has 1 aliphatic rings. The predicted octanol–water partition coefficient (Wildman–Crippen LogP) is 2.40. The summed E-state index contributed by atoms with van der Waals surface area (Å²) in [4.78, 5) is 0.